The van der Waals surface area contributed by atoms with Gasteiger partial charge in [0.05, 0.1) is 11.6 Å². The van der Waals surface area contributed by atoms with Gasteiger partial charge in [-0.2, -0.15) is 0 Å². The fourth-order valence-electron chi connectivity index (χ4n) is 1.47. The van der Waals surface area contributed by atoms with Gasteiger partial charge in [0.2, 0.25) is 0 Å². The molecule has 0 aliphatic carbocycles. The molecule has 92 valence electrons. The minimum absolute atomic E-state index is 0.449. The lowest BCUT2D eigenvalue weighted by molar-refractivity contribution is -0.138. The third-order valence-electron chi connectivity index (χ3n) is 2.34. The molecule has 0 saturated heterocycles. The Morgan fingerprint density at radius 2 is 1.94 bits per heavy atom. The van der Waals surface area contributed by atoms with Crippen LogP contribution in [0.4, 0.5) is 5.69 Å². The van der Waals surface area contributed by atoms with E-state index in [9.17, 15) is 4.79 Å². The highest BCUT2D eigenvalue weighted by atomic mass is 16.4. The number of carboxylic acid groups (broad SMARTS) is 1. The van der Waals surface area contributed by atoms with E-state index < -0.39 is 11.9 Å². The monoisotopic (exact) mass is 235 g/mol. The highest BCUT2D eigenvalue weighted by Crippen LogP contribution is 2.22. The van der Waals surface area contributed by atoms with E-state index in [0.717, 1.165) is 5.56 Å². The minimum Gasteiger partial charge on any atom is -0.481 e. The molecule has 0 bridgehead atoms. The zero-order valence-corrected chi connectivity index (χ0v) is 10.3. The molecule has 17 heavy (non-hydrogen) atoms. The summed E-state index contributed by atoms with van der Waals surface area (Å²) < 4.78 is 0. The van der Waals surface area contributed by atoms with Crippen molar-refractivity contribution in [3.8, 4) is 0 Å². The molecule has 0 spiro atoms. The molecule has 0 fully saturated rings. The Kier molecular flexibility index (Phi) is 4.63. The van der Waals surface area contributed by atoms with Crippen LogP contribution in [-0.2, 0) is 4.79 Å². The number of benzene rings is 1. The van der Waals surface area contributed by atoms with Gasteiger partial charge in [-0.1, -0.05) is 24.3 Å². The maximum atomic E-state index is 11.0. The fourth-order valence-corrected chi connectivity index (χ4v) is 1.47. The molecule has 0 aliphatic rings. The molecule has 1 N–H and O–H groups in total. The van der Waals surface area contributed by atoms with E-state index in [-0.39, 0.29) is 0 Å². The first-order chi connectivity index (χ1) is 8.04. The molecule has 5 nitrogen and oxygen atoms in total. The van der Waals surface area contributed by atoms with E-state index in [1.807, 2.05) is 6.92 Å². The number of carbonyl (C=O) groups is 1. The first kappa shape index (κ1) is 13.2. The van der Waals surface area contributed by atoms with Gasteiger partial charge >= 0.3 is 5.97 Å². The van der Waals surface area contributed by atoms with Crippen LogP contribution in [0.1, 0.15) is 24.8 Å². The van der Waals surface area contributed by atoms with E-state index in [4.69, 9.17) is 5.11 Å². The van der Waals surface area contributed by atoms with Gasteiger partial charge in [-0.25, -0.2) is 0 Å². The van der Waals surface area contributed by atoms with Gasteiger partial charge in [0.15, 0.2) is 0 Å². The van der Waals surface area contributed by atoms with Gasteiger partial charge in [0.25, 0.3) is 0 Å². The Morgan fingerprint density at radius 1 is 1.35 bits per heavy atom. The summed E-state index contributed by atoms with van der Waals surface area (Å²) in [5.74, 6) is -1.25. The van der Waals surface area contributed by atoms with Gasteiger partial charge < -0.3 is 5.11 Å². The second-order valence-corrected chi connectivity index (χ2v) is 3.93. The van der Waals surface area contributed by atoms with Crippen molar-refractivity contribution in [1.29, 1.82) is 0 Å². The maximum absolute atomic E-state index is 11.0. The second-order valence-electron chi connectivity index (χ2n) is 3.93. The predicted molar refractivity (Wildman–Crippen MR) is 65.3 cm³/mol. The van der Waals surface area contributed by atoms with Gasteiger partial charge in [0, 0.05) is 14.1 Å². The molecule has 0 aromatic heterocycles. The van der Waals surface area contributed by atoms with Crippen LogP contribution in [0.5, 0.6) is 0 Å². The largest absolute Gasteiger partial charge is 0.481 e. The van der Waals surface area contributed by atoms with Gasteiger partial charge in [-0.15, -0.1) is 5.11 Å². The molecule has 1 rings (SSSR count). The lowest BCUT2D eigenvalue weighted by atomic mass is 9.97. The molecule has 1 aromatic carbocycles. The number of carboxylic acids is 1. The Balaban J connectivity index is 2.83. The lowest BCUT2D eigenvalue weighted by Crippen LogP contribution is -2.09. The molecular weight excluding hydrogens is 218 g/mol. The molecule has 1 aromatic rings. The van der Waals surface area contributed by atoms with Gasteiger partial charge in [-0.05, 0) is 24.1 Å². The molecule has 1 unspecified atom stereocenters. The Bertz CT molecular complexity index is 399. The summed E-state index contributed by atoms with van der Waals surface area (Å²) >= 11 is 0. The van der Waals surface area contributed by atoms with Crippen molar-refractivity contribution in [1.82, 2.24) is 5.01 Å². The molecular formula is C12H17N3O2. The molecule has 0 aliphatic heterocycles. The van der Waals surface area contributed by atoms with Crippen molar-refractivity contribution in [3.05, 3.63) is 29.8 Å². The number of hydrogen-bond donors (Lipinski definition) is 1. The third kappa shape index (κ3) is 3.86. The summed E-state index contributed by atoms with van der Waals surface area (Å²) in [5.41, 5.74) is 1.51. The Hall–Kier alpha value is -1.91. The van der Waals surface area contributed by atoms with Crippen molar-refractivity contribution in [2.45, 2.75) is 19.3 Å². The van der Waals surface area contributed by atoms with Crippen LogP contribution in [0.3, 0.4) is 0 Å². The highest BCUT2D eigenvalue weighted by molar-refractivity contribution is 5.76. The maximum Gasteiger partial charge on any atom is 0.310 e. The summed E-state index contributed by atoms with van der Waals surface area (Å²) in [4.78, 5) is 11.0. The van der Waals surface area contributed by atoms with E-state index in [0.29, 0.717) is 12.1 Å². The van der Waals surface area contributed by atoms with Crippen molar-refractivity contribution >= 4 is 11.7 Å². The van der Waals surface area contributed by atoms with Gasteiger partial charge in [-0.3, -0.25) is 9.80 Å². The average molecular weight is 235 g/mol. The van der Waals surface area contributed by atoms with E-state index in [1.54, 1.807) is 43.4 Å². The minimum atomic E-state index is -0.796. The topological polar surface area (TPSA) is 65.3 Å². The number of hydrogen-bond acceptors (Lipinski definition) is 3. The zero-order chi connectivity index (χ0) is 12.8. The summed E-state index contributed by atoms with van der Waals surface area (Å²) in [5, 5.41) is 18.5. The smallest absolute Gasteiger partial charge is 0.310 e. The lowest BCUT2D eigenvalue weighted by Gasteiger charge is -2.09. The molecule has 1 atom stereocenters. The number of aliphatic carboxylic acids is 1. The van der Waals surface area contributed by atoms with Crippen LogP contribution >= 0.6 is 0 Å². The molecule has 0 heterocycles. The first-order valence-corrected chi connectivity index (χ1v) is 5.46. The van der Waals surface area contributed by atoms with Crippen LogP contribution in [0.2, 0.25) is 0 Å². The van der Waals surface area contributed by atoms with E-state index in [2.05, 4.69) is 10.3 Å². The second kappa shape index (κ2) is 5.98. The molecule has 0 saturated carbocycles. The van der Waals surface area contributed by atoms with Gasteiger partial charge in [0.1, 0.15) is 0 Å². The quantitative estimate of drug-likeness (QED) is 0.630. The van der Waals surface area contributed by atoms with Crippen molar-refractivity contribution in [3.63, 3.8) is 0 Å². The molecule has 0 radical (unpaired) electrons. The number of rotatable bonds is 5. The fraction of sp³-hybridized carbons (Fsp3) is 0.417. The SMILES string of the molecule is CCC(C(=O)O)c1ccc(N=NN(C)C)cc1. The van der Waals surface area contributed by atoms with Crippen LogP contribution in [-0.4, -0.2) is 30.2 Å². The third-order valence-corrected chi connectivity index (χ3v) is 2.34. The van der Waals surface area contributed by atoms with Crippen LogP contribution in [0.15, 0.2) is 34.6 Å². The molecule has 0 amide bonds. The average Bonchev–Trinajstić information content (AvgIpc) is 2.28. The molecule has 5 heteroatoms. The number of nitrogens with zero attached hydrogens (tertiary/aromatic N) is 3. The zero-order valence-electron chi connectivity index (χ0n) is 10.3. The summed E-state index contributed by atoms with van der Waals surface area (Å²) in [6.07, 6.45) is 0.577. The standard InChI is InChI=1S/C12H17N3O2/c1-4-11(12(16)17)9-5-7-10(8-6-9)13-14-15(2)3/h5-8,11H,4H2,1-3H3,(H,16,17). The van der Waals surface area contributed by atoms with E-state index >= 15 is 0 Å². The Labute approximate surface area is 101 Å². The summed E-state index contributed by atoms with van der Waals surface area (Å²) in [7, 11) is 3.57. The summed E-state index contributed by atoms with van der Waals surface area (Å²) in [6, 6.07) is 7.11. The Morgan fingerprint density at radius 3 is 2.35 bits per heavy atom. The first-order valence-electron chi connectivity index (χ1n) is 5.46. The van der Waals surface area contributed by atoms with Crippen molar-refractivity contribution in [2.75, 3.05) is 14.1 Å². The van der Waals surface area contributed by atoms with Crippen LogP contribution in [0.25, 0.3) is 0 Å². The van der Waals surface area contributed by atoms with E-state index in [1.165, 1.54) is 0 Å². The normalized spacial score (nSPS) is 12.6. The summed E-state index contributed by atoms with van der Waals surface area (Å²) in [6.45, 7) is 1.86. The predicted octanol–water partition coefficient (Wildman–Crippen LogP) is 2.83. The van der Waals surface area contributed by atoms with Crippen LogP contribution < -0.4 is 0 Å². The van der Waals surface area contributed by atoms with Crippen LogP contribution in [0, 0.1) is 0 Å². The highest BCUT2D eigenvalue weighted by Gasteiger charge is 2.16. The van der Waals surface area contributed by atoms with Crippen molar-refractivity contribution in [2.24, 2.45) is 10.3 Å². The van der Waals surface area contributed by atoms with Crippen molar-refractivity contribution < 1.29 is 9.90 Å².